The molecule has 1 aromatic heterocycles. The van der Waals surface area contributed by atoms with Crippen molar-refractivity contribution in [1.29, 1.82) is 0 Å². The van der Waals surface area contributed by atoms with E-state index in [4.69, 9.17) is 5.73 Å². The van der Waals surface area contributed by atoms with Crippen molar-refractivity contribution in [1.82, 2.24) is 14.9 Å². The minimum Gasteiger partial charge on any atom is -0.374 e. The summed E-state index contributed by atoms with van der Waals surface area (Å²) in [4.78, 5) is 0.273. The summed E-state index contributed by atoms with van der Waals surface area (Å²) in [5, 5.41) is 8.82. The molecule has 0 unspecified atom stereocenters. The second-order valence-electron chi connectivity index (χ2n) is 3.85. The third-order valence-corrected chi connectivity index (χ3v) is 4.68. The summed E-state index contributed by atoms with van der Waals surface area (Å²) in [5.74, 6) is 0. The Morgan fingerprint density at radius 2 is 1.95 bits per heavy atom. The van der Waals surface area contributed by atoms with E-state index in [1.165, 1.54) is 11.3 Å². The van der Waals surface area contributed by atoms with Crippen LogP contribution < -0.4 is 10.5 Å². The first kappa shape index (κ1) is 13.9. The summed E-state index contributed by atoms with van der Waals surface area (Å²) in [6, 6.07) is 8.29. The van der Waals surface area contributed by atoms with Gasteiger partial charge in [0.05, 0.1) is 4.90 Å². The monoisotopic (exact) mass is 298 g/mol. The molecule has 0 fully saturated rings. The molecule has 0 spiro atoms. The van der Waals surface area contributed by atoms with Gasteiger partial charge in [-0.3, -0.25) is 0 Å². The Morgan fingerprint density at radius 3 is 2.58 bits per heavy atom. The van der Waals surface area contributed by atoms with Crippen molar-refractivity contribution in [2.24, 2.45) is 0 Å². The van der Waals surface area contributed by atoms with Crippen LogP contribution in [0.25, 0.3) is 0 Å². The molecule has 0 aliphatic heterocycles. The molecule has 8 heteroatoms. The van der Waals surface area contributed by atoms with Gasteiger partial charge in [0.2, 0.25) is 15.2 Å². The lowest BCUT2D eigenvalue weighted by atomic mass is 10.3. The van der Waals surface area contributed by atoms with E-state index in [0.29, 0.717) is 24.5 Å². The van der Waals surface area contributed by atoms with Crippen LogP contribution in [0.1, 0.15) is 11.4 Å². The fourth-order valence-corrected chi connectivity index (χ4v) is 3.24. The number of nitrogens with two attached hydrogens (primary N) is 1. The Kier molecular flexibility index (Phi) is 4.46. The summed E-state index contributed by atoms with van der Waals surface area (Å²) in [7, 11) is -3.42. The Morgan fingerprint density at radius 1 is 1.21 bits per heavy atom. The predicted molar refractivity (Wildman–Crippen MR) is 74.3 cm³/mol. The van der Waals surface area contributed by atoms with E-state index in [0.717, 1.165) is 5.01 Å². The highest BCUT2D eigenvalue weighted by Gasteiger charge is 2.12. The molecule has 0 bridgehead atoms. The maximum atomic E-state index is 11.9. The molecular weight excluding hydrogens is 284 g/mol. The Hall–Kier alpha value is -1.51. The number of benzene rings is 1. The topological polar surface area (TPSA) is 98.0 Å². The van der Waals surface area contributed by atoms with Gasteiger partial charge in [-0.2, -0.15) is 0 Å². The van der Waals surface area contributed by atoms with Crippen LogP contribution >= 0.6 is 11.3 Å². The fourth-order valence-electron chi connectivity index (χ4n) is 1.50. The molecule has 0 aliphatic rings. The summed E-state index contributed by atoms with van der Waals surface area (Å²) >= 11 is 1.32. The molecule has 6 nitrogen and oxygen atoms in total. The number of rotatable bonds is 6. The van der Waals surface area contributed by atoms with Gasteiger partial charge in [0.25, 0.3) is 0 Å². The van der Waals surface area contributed by atoms with E-state index >= 15 is 0 Å². The summed E-state index contributed by atoms with van der Waals surface area (Å²) in [5.41, 5.74) is 5.46. The lowest BCUT2D eigenvalue weighted by Gasteiger charge is -2.05. The number of nitrogens with zero attached hydrogens (tertiary/aromatic N) is 2. The molecule has 0 radical (unpaired) electrons. The molecule has 0 amide bonds. The number of sulfonamides is 1. The van der Waals surface area contributed by atoms with Gasteiger partial charge in [-0.05, 0) is 18.6 Å². The van der Waals surface area contributed by atoms with Gasteiger partial charge in [0, 0.05) is 13.0 Å². The maximum Gasteiger partial charge on any atom is 0.240 e. The smallest absolute Gasteiger partial charge is 0.240 e. The second-order valence-corrected chi connectivity index (χ2v) is 6.71. The highest BCUT2D eigenvalue weighted by molar-refractivity contribution is 7.89. The van der Waals surface area contributed by atoms with E-state index < -0.39 is 10.0 Å². The van der Waals surface area contributed by atoms with Crippen molar-refractivity contribution in [3.8, 4) is 0 Å². The number of nitrogen functional groups attached to an aromatic ring is 1. The largest absolute Gasteiger partial charge is 0.374 e. The van der Waals surface area contributed by atoms with E-state index in [2.05, 4.69) is 14.9 Å². The van der Waals surface area contributed by atoms with Crippen LogP contribution in [0.15, 0.2) is 35.2 Å². The van der Waals surface area contributed by atoms with Crippen molar-refractivity contribution in [3.63, 3.8) is 0 Å². The molecule has 1 aromatic carbocycles. The average molecular weight is 298 g/mol. The number of anilines is 1. The average Bonchev–Trinajstić information content (AvgIpc) is 2.82. The quantitative estimate of drug-likeness (QED) is 0.776. The molecule has 0 aliphatic carbocycles. The SMILES string of the molecule is Nc1nnc(CCCNS(=O)(=O)c2ccccc2)s1. The van der Waals surface area contributed by atoms with Gasteiger partial charge in [-0.1, -0.05) is 29.5 Å². The number of aromatic nitrogens is 2. The van der Waals surface area contributed by atoms with Crippen molar-refractivity contribution in [3.05, 3.63) is 35.3 Å². The van der Waals surface area contributed by atoms with E-state index in [-0.39, 0.29) is 4.90 Å². The van der Waals surface area contributed by atoms with Crippen molar-refractivity contribution in [2.45, 2.75) is 17.7 Å². The van der Waals surface area contributed by atoms with Crippen LogP contribution in [0, 0.1) is 0 Å². The number of nitrogens with one attached hydrogen (secondary N) is 1. The Balaban J connectivity index is 1.82. The van der Waals surface area contributed by atoms with E-state index in [1.54, 1.807) is 30.3 Å². The molecule has 2 rings (SSSR count). The molecule has 2 aromatic rings. The normalized spacial score (nSPS) is 11.6. The Labute approximate surface area is 115 Å². The lowest BCUT2D eigenvalue weighted by molar-refractivity contribution is 0.579. The zero-order chi connectivity index (χ0) is 13.7. The number of hydrogen-bond donors (Lipinski definition) is 2. The zero-order valence-corrected chi connectivity index (χ0v) is 11.7. The molecule has 0 saturated heterocycles. The highest BCUT2D eigenvalue weighted by atomic mass is 32.2. The summed E-state index contributed by atoms with van der Waals surface area (Å²) in [6.45, 7) is 0.358. The number of hydrogen-bond acceptors (Lipinski definition) is 6. The minimum absolute atomic E-state index is 0.273. The van der Waals surface area contributed by atoms with Crippen LogP contribution in [0.4, 0.5) is 5.13 Å². The highest BCUT2D eigenvalue weighted by Crippen LogP contribution is 2.12. The zero-order valence-electron chi connectivity index (χ0n) is 10.1. The molecule has 0 saturated carbocycles. The predicted octanol–water partition coefficient (Wildman–Crippen LogP) is 1.03. The van der Waals surface area contributed by atoms with E-state index in [9.17, 15) is 8.42 Å². The molecule has 0 atom stereocenters. The Bertz CT molecular complexity index is 625. The van der Waals surface area contributed by atoms with Crippen LogP contribution in [0.5, 0.6) is 0 Å². The first-order chi connectivity index (χ1) is 9.08. The lowest BCUT2D eigenvalue weighted by Crippen LogP contribution is -2.25. The summed E-state index contributed by atoms with van der Waals surface area (Å²) in [6.07, 6.45) is 1.31. The van der Waals surface area contributed by atoms with Crippen LogP contribution in [0.3, 0.4) is 0 Å². The van der Waals surface area contributed by atoms with Crippen LogP contribution in [0.2, 0.25) is 0 Å². The van der Waals surface area contributed by atoms with Crippen LogP contribution in [-0.4, -0.2) is 25.2 Å². The molecule has 19 heavy (non-hydrogen) atoms. The molecular formula is C11H14N4O2S2. The van der Waals surface area contributed by atoms with Crippen molar-refractivity contribution in [2.75, 3.05) is 12.3 Å². The van der Waals surface area contributed by atoms with Crippen molar-refractivity contribution >= 4 is 26.5 Å². The van der Waals surface area contributed by atoms with Crippen molar-refractivity contribution < 1.29 is 8.42 Å². The molecule has 1 heterocycles. The number of aryl methyl sites for hydroxylation is 1. The maximum absolute atomic E-state index is 11.9. The van der Waals surface area contributed by atoms with Crippen LogP contribution in [-0.2, 0) is 16.4 Å². The first-order valence-electron chi connectivity index (χ1n) is 5.70. The standard InChI is InChI=1S/C11H14N4O2S2/c12-11-15-14-10(18-11)7-4-8-13-19(16,17)9-5-2-1-3-6-9/h1-3,5-6,13H,4,7-8H2,(H2,12,15). The summed E-state index contributed by atoms with van der Waals surface area (Å²) < 4.78 is 26.3. The molecule has 102 valence electrons. The van der Waals surface area contributed by atoms with Gasteiger partial charge in [0.1, 0.15) is 5.01 Å². The molecule has 3 N–H and O–H groups in total. The van der Waals surface area contributed by atoms with Gasteiger partial charge in [0.15, 0.2) is 0 Å². The van der Waals surface area contributed by atoms with Gasteiger partial charge < -0.3 is 5.73 Å². The van der Waals surface area contributed by atoms with Gasteiger partial charge >= 0.3 is 0 Å². The third kappa shape index (κ3) is 3.98. The van der Waals surface area contributed by atoms with Gasteiger partial charge in [-0.15, -0.1) is 10.2 Å². The second kappa shape index (κ2) is 6.09. The third-order valence-electron chi connectivity index (χ3n) is 2.40. The first-order valence-corrected chi connectivity index (χ1v) is 8.00. The fraction of sp³-hybridized carbons (Fsp3) is 0.273. The van der Waals surface area contributed by atoms with E-state index in [1.807, 2.05) is 0 Å². The van der Waals surface area contributed by atoms with Gasteiger partial charge in [-0.25, -0.2) is 13.1 Å². The minimum atomic E-state index is -3.42.